The molecule has 0 spiro atoms. The fourth-order valence-corrected chi connectivity index (χ4v) is 4.54. The fourth-order valence-electron chi connectivity index (χ4n) is 2.72. The first kappa shape index (κ1) is 13.0. The van der Waals surface area contributed by atoms with Crippen molar-refractivity contribution < 1.29 is 8.42 Å². The first-order chi connectivity index (χ1) is 9.51. The van der Waals surface area contributed by atoms with Crippen LogP contribution in [0.1, 0.15) is 12.5 Å². The minimum Gasteiger partial charge on any atom is -0.398 e. The molecule has 0 radical (unpaired) electrons. The van der Waals surface area contributed by atoms with Gasteiger partial charge in [0, 0.05) is 6.04 Å². The van der Waals surface area contributed by atoms with Crippen molar-refractivity contribution in [3.8, 4) is 0 Å². The van der Waals surface area contributed by atoms with E-state index < -0.39 is 10.0 Å². The standard InChI is InChI=1S/C15H16N2O2S/c1-11-10-12-6-2-4-8-14(12)17(11)20(18,19)15-9-5-3-7-13(15)16/h2-9,11H,10,16H2,1H3. The summed E-state index contributed by atoms with van der Waals surface area (Å²) >= 11 is 0. The average molecular weight is 288 g/mol. The van der Waals surface area contributed by atoms with Crippen molar-refractivity contribution >= 4 is 21.4 Å². The Kier molecular flexibility index (Phi) is 2.94. The van der Waals surface area contributed by atoms with E-state index in [1.807, 2.05) is 31.2 Å². The number of anilines is 2. The number of rotatable bonds is 2. The summed E-state index contributed by atoms with van der Waals surface area (Å²) < 4.78 is 27.2. The van der Waals surface area contributed by atoms with E-state index in [1.165, 1.54) is 4.31 Å². The number of sulfonamides is 1. The van der Waals surface area contributed by atoms with Gasteiger partial charge in [-0.25, -0.2) is 8.42 Å². The van der Waals surface area contributed by atoms with Crippen molar-refractivity contribution in [2.45, 2.75) is 24.3 Å². The highest BCUT2D eigenvalue weighted by Gasteiger charge is 2.36. The van der Waals surface area contributed by atoms with Crippen LogP contribution in [0.5, 0.6) is 0 Å². The summed E-state index contributed by atoms with van der Waals surface area (Å²) in [5, 5.41) is 0. The van der Waals surface area contributed by atoms with Gasteiger partial charge in [0.25, 0.3) is 10.0 Å². The first-order valence-corrected chi connectivity index (χ1v) is 7.92. The molecular weight excluding hydrogens is 272 g/mol. The fraction of sp³-hybridized carbons (Fsp3) is 0.200. The summed E-state index contributed by atoms with van der Waals surface area (Å²) in [6.07, 6.45) is 0.724. The van der Waals surface area contributed by atoms with Crippen LogP contribution in [-0.2, 0) is 16.4 Å². The van der Waals surface area contributed by atoms with Gasteiger partial charge in [-0.05, 0) is 37.1 Å². The molecule has 1 unspecified atom stereocenters. The molecule has 3 rings (SSSR count). The van der Waals surface area contributed by atoms with Crippen LogP contribution in [-0.4, -0.2) is 14.5 Å². The Labute approximate surface area is 118 Å². The van der Waals surface area contributed by atoms with Gasteiger partial charge in [0.05, 0.1) is 11.4 Å². The van der Waals surface area contributed by atoms with Gasteiger partial charge in [-0.3, -0.25) is 4.31 Å². The van der Waals surface area contributed by atoms with E-state index in [4.69, 9.17) is 5.73 Å². The van der Waals surface area contributed by atoms with Crippen LogP contribution in [0.3, 0.4) is 0 Å². The molecule has 0 amide bonds. The zero-order valence-corrected chi connectivity index (χ0v) is 12.0. The molecule has 104 valence electrons. The second-order valence-electron chi connectivity index (χ2n) is 5.02. The molecule has 2 aromatic carbocycles. The Bertz CT molecular complexity index is 756. The number of benzene rings is 2. The second-order valence-corrected chi connectivity index (χ2v) is 6.80. The third-order valence-electron chi connectivity index (χ3n) is 3.60. The van der Waals surface area contributed by atoms with Gasteiger partial charge in [-0.1, -0.05) is 30.3 Å². The lowest BCUT2D eigenvalue weighted by atomic mass is 10.1. The van der Waals surface area contributed by atoms with Gasteiger partial charge in [0.2, 0.25) is 0 Å². The smallest absolute Gasteiger partial charge is 0.266 e. The Balaban J connectivity index is 2.16. The highest BCUT2D eigenvalue weighted by Crippen LogP contribution is 2.37. The SMILES string of the molecule is CC1Cc2ccccc2N1S(=O)(=O)c1ccccc1N. The van der Waals surface area contributed by atoms with Crippen LogP contribution in [0.2, 0.25) is 0 Å². The molecule has 2 N–H and O–H groups in total. The van der Waals surface area contributed by atoms with Crippen LogP contribution in [0.4, 0.5) is 11.4 Å². The highest BCUT2D eigenvalue weighted by molar-refractivity contribution is 7.93. The molecule has 20 heavy (non-hydrogen) atoms. The molecule has 1 aliphatic rings. The quantitative estimate of drug-likeness (QED) is 0.863. The largest absolute Gasteiger partial charge is 0.398 e. The van der Waals surface area contributed by atoms with Gasteiger partial charge in [0.1, 0.15) is 4.90 Å². The van der Waals surface area contributed by atoms with Crippen molar-refractivity contribution in [1.29, 1.82) is 0 Å². The number of hydrogen-bond acceptors (Lipinski definition) is 3. The van der Waals surface area contributed by atoms with Crippen molar-refractivity contribution in [2.24, 2.45) is 0 Å². The molecule has 0 fully saturated rings. The van der Waals surface area contributed by atoms with Crippen LogP contribution in [0.25, 0.3) is 0 Å². The van der Waals surface area contributed by atoms with E-state index in [0.29, 0.717) is 0 Å². The summed E-state index contributed by atoms with van der Waals surface area (Å²) in [5.74, 6) is 0. The molecule has 4 nitrogen and oxygen atoms in total. The lowest BCUT2D eigenvalue weighted by Gasteiger charge is -2.25. The minimum atomic E-state index is -3.62. The zero-order valence-electron chi connectivity index (χ0n) is 11.2. The predicted octanol–water partition coefficient (Wildman–Crippen LogP) is 2.41. The molecule has 0 saturated carbocycles. The molecule has 1 heterocycles. The van der Waals surface area contributed by atoms with Crippen LogP contribution < -0.4 is 10.0 Å². The third kappa shape index (κ3) is 1.86. The maximum atomic E-state index is 12.9. The molecule has 1 atom stereocenters. The van der Waals surface area contributed by atoms with Crippen molar-refractivity contribution in [3.05, 3.63) is 54.1 Å². The Morgan fingerprint density at radius 2 is 1.75 bits per heavy atom. The predicted molar refractivity (Wildman–Crippen MR) is 80.1 cm³/mol. The summed E-state index contributed by atoms with van der Waals surface area (Å²) in [7, 11) is -3.62. The van der Waals surface area contributed by atoms with E-state index in [2.05, 4.69) is 0 Å². The molecule has 0 aromatic heterocycles. The number of nitrogens with two attached hydrogens (primary N) is 1. The molecule has 0 bridgehead atoms. The number of nitrogens with zero attached hydrogens (tertiary/aromatic N) is 1. The molecule has 2 aromatic rings. The minimum absolute atomic E-state index is 0.1000. The van der Waals surface area contributed by atoms with E-state index in [1.54, 1.807) is 24.3 Å². The first-order valence-electron chi connectivity index (χ1n) is 6.48. The molecule has 0 saturated heterocycles. The third-order valence-corrected chi connectivity index (χ3v) is 5.60. The molecule has 5 heteroatoms. The number of fused-ring (bicyclic) bond motifs is 1. The lowest BCUT2D eigenvalue weighted by Crippen LogP contribution is -2.36. The van der Waals surface area contributed by atoms with Gasteiger partial charge in [-0.15, -0.1) is 0 Å². The summed E-state index contributed by atoms with van der Waals surface area (Å²) in [4.78, 5) is 0.170. The Morgan fingerprint density at radius 1 is 1.10 bits per heavy atom. The molecule has 1 aliphatic heterocycles. The van der Waals surface area contributed by atoms with E-state index in [0.717, 1.165) is 17.7 Å². The Morgan fingerprint density at radius 3 is 2.50 bits per heavy atom. The van der Waals surface area contributed by atoms with E-state index in [9.17, 15) is 8.42 Å². The van der Waals surface area contributed by atoms with Crippen molar-refractivity contribution in [2.75, 3.05) is 10.0 Å². The lowest BCUT2D eigenvalue weighted by molar-refractivity contribution is 0.584. The Hall–Kier alpha value is -2.01. The van der Waals surface area contributed by atoms with Gasteiger partial charge in [-0.2, -0.15) is 0 Å². The molecular formula is C15H16N2O2S. The summed E-state index contributed by atoms with van der Waals surface area (Å²) in [6.45, 7) is 1.91. The van der Waals surface area contributed by atoms with Crippen molar-refractivity contribution in [3.63, 3.8) is 0 Å². The van der Waals surface area contributed by atoms with Gasteiger partial charge < -0.3 is 5.73 Å². The zero-order chi connectivity index (χ0) is 14.3. The number of hydrogen-bond donors (Lipinski definition) is 1. The average Bonchev–Trinajstić information content (AvgIpc) is 2.75. The van der Waals surface area contributed by atoms with Crippen molar-refractivity contribution in [1.82, 2.24) is 0 Å². The van der Waals surface area contributed by atoms with Crippen LogP contribution >= 0.6 is 0 Å². The van der Waals surface area contributed by atoms with E-state index in [-0.39, 0.29) is 16.6 Å². The van der Waals surface area contributed by atoms with Crippen LogP contribution in [0, 0.1) is 0 Å². The maximum absolute atomic E-state index is 12.9. The second kappa shape index (κ2) is 4.52. The summed E-state index contributed by atoms with van der Waals surface area (Å²) in [5.41, 5.74) is 7.92. The number of para-hydroxylation sites is 2. The normalized spacial score (nSPS) is 18.1. The highest BCUT2D eigenvalue weighted by atomic mass is 32.2. The monoisotopic (exact) mass is 288 g/mol. The summed E-state index contributed by atoms with van der Waals surface area (Å²) in [6, 6.07) is 14.1. The molecule has 0 aliphatic carbocycles. The number of nitrogen functional groups attached to an aromatic ring is 1. The van der Waals surface area contributed by atoms with Crippen LogP contribution in [0.15, 0.2) is 53.4 Å². The topological polar surface area (TPSA) is 63.4 Å². The van der Waals surface area contributed by atoms with Gasteiger partial charge in [0.15, 0.2) is 0 Å². The van der Waals surface area contributed by atoms with E-state index >= 15 is 0 Å². The maximum Gasteiger partial charge on any atom is 0.266 e. The van der Waals surface area contributed by atoms with Gasteiger partial charge >= 0.3 is 0 Å².